The Morgan fingerprint density at radius 2 is 1.43 bits per heavy atom. The first-order chi connectivity index (χ1) is 6.52. The molecule has 0 N–H and O–H groups in total. The zero-order chi connectivity index (χ0) is 11.1. The van der Waals surface area contributed by atoms with Crippen LogP contribution in [0, 0.1) is 23.7 Å². The molecule has 0 spiro atoms. The second-order valence-electron chi connectivity index (χ2n) is 5.39. The Labute approximate surface area is 91.5 Å². The Morgan fingerprint density at radius 3 is 1.79 bits per heavy atom. The first kappa shape index (κ1) is 14.0. The second kappa shape index (κ2) is 7.31. The van der Waals surface area contributed by atoms with E-state index in [4.69, 9.17) is 0 Å². The first-order valence-corrected chi connectivity index (χ1v) is 6.52. The van der Waals surface area contributed by atoms with Crippen LogP contribution < -0.4 is 0 Å². The van der Waals surface area contributed by atoms with Crippen LogP contribution >= 0.6 is 0 Å². The van der Waals surface area contributed by atoms with E-state index < -0.39 is 0 Å². The van der Waals surface area contributed by atoms with Gasteiger partial charge in [-0.3, -0.25) is 0 Å². The van der Waals surface area contributed by atoms with E-state index in [1.165, 1.54) is 25.7 Å². The van der Waals surface area contributed by atoms with E-state index in [2.05, 4.69) is 41.5 Å². The third kappa shape index (κ3) is 5.02. The van der Waals surface area contributed by atoms with E-state index in [1.54, 1.807) is 0 Å². The van der Waals surface area contributed by atoms with Gasteiger partial charge in [-0.1, -0.05) is 60.8 Å². The summed E-state index contributed by atoms with van der Waals surface area (Å²) in [4.78, 5) is 0. The zero-order valence-corrected chi connectivity index (χ0v) is 11.1. The summed E-state index contributed by atoms with van der Waals surface area (Å²) in [6.07, 6.45) is 5.51. The second-order valence-corrected chi connectivity index (χ2v) is 5.39. The van der Waals surface area contributed by atoms with Crippen LogP contribution in [0.3, 0.4) is 0 Å². The third-order valence-corrected chi connectivity index (χ3v) is 3.86. The fourth-order valence-electron chi connectivity index (χ4n) is 2.36. The Morgan fingerprint density at radius 1 is 0.857 bits per heavy atom. The quantitative estimate of drug-likeness (QED) is 0.532. The van der Waals surface area contributed by atoms with E-state index in [-0.39, 0.29) is 0 Å². The minimum Gasteiger partial charge on any atom is -0.0654 e. The molecule has 0 heteroatoms. The maximum atomic E-state index is 2.44. The molecule has 3 unspecified atom stereocenters. The summed E-state index contributed by atoms with van der Waals surface area (Å²) in [6.45, 7) is 14.2. The molecule has 0 saturated heterocycles. The van der Waals surface area contributed by atoms with Crippen LogP contribution in [-0.2, 0) is 0 Å². The van der Waals surface area contributed by atoms with Crippen molar-refractivity contribution in [3.05, 3.63) is 0 Å². The monoisotopic (exact) mass is 198 g/mol. The molecule has 0 heterocycles. The van der Waals surface area contributed by atoms with E-state index in [0.717, 1.165) is 23.7 Å². The lowest BCUT2D eigenvalue weighted by molar-refractivity contribution is 0.243. The zero-order valence-electron chi connectivity index (χ0n) is 11.1. The summed E-state index contributed by atoms with van der Waals surface area (Å²) in [5, 5.41) is 0. The summed E-state index contributed by atoms with van der Waals surface area (Å²) in [5.74, 6) is 3.61. The van der Waals surface area contributed by atoms with E-state index >= 15 is 0 Å². The average Bonchev–Trinajstić information content (AvgIpc) is 2.13. The molecule has 3 atom stereocenters. The van der Waals surface area contributed by atoms with Crippen LogP contribution in [0.15, 0.2) is 0 Å². The van der Waals surface area contributed by atoms with Gasteiger partial charge in [0, 0.05) is 0 Å². The SMILES string of the molecule is CCCC(C)C(C)CC(CC)C(C)C. The molecular formula is C14H30. The lowest BCUT2D eigenvalue weighted by Crippen LogP contribution is -2.16. The van der Waals surface area contributed by atoms with E-state index in [1.807, 2.05) is 0 Å². The average molecular weight is 198 g/mol. The number of rotatable bonds is 7. The molecule has 0 aromatic carbocycles. The van der Waals surface area contributed by atoms with Gasteiger partial charge in [0.05, 0.1) is 0 Å². The van der Waals surface area contributed by atoms with Gasteiger partial charge in [0.15, 0.2) is 0 Å². The van der Waals surface area contributed by atoms with Gasteiger partial charge >= 0.3 is 0 Å². The van der Waals surface area contributed by atoms with Crippen LogP contribution in [0.4, 0.5) is 0 Å². The topological polar surface area (TPSA) is 0 Å². The van der Waals surface area contributed by atoms with Crippen molar-refractivity contribution in [2.75, 3.05) is 0 Å². The lowest BCUT2D eigenvalue weighted by Gasteiger charge is -2.26. The van der Waals surface area contributed by atoms with Crippen molar-refractivity contribution < 1.29 is 0 Å². The maximum absolute atomic E-state index is 2.44. The van der Waals surface area contributed by atoms with Gasteiger partial charge in [0.25, 0.3) is 0 Å². The highest BCUT2D eigenvalue weighted by atomic mass is 14.2. The van der Waals surface area contributed by atoms with Gasteiger partial charge in [-0.2, -0.15) is 0 Å². The summed E-state index contributed by atoms with van der Waals surface area (Å²) < 4.78 is 0. The molecule has 0 nitrogen and oxygen atoms in total. The smallest absolute Gasteiger partial charge is 0.0391 e. The normalized spacial score (nSPS) is 18.2. The van der Waals surface area contributed by atoms with Crippen LogP contribution in [0.2, 0.25) is 0 Å². The lowest BCUT2D eigenvalue weighted by atomic mass is 9.79. The van der Waals surface area contributed by atoms with Crippen molar-refractivity contribution in [2.45, 2.75) is 67.2 Å². The van der Waals surface area contributed by atoms with Crippen LogP contribution in [0.25, 0.3) is 0 Å². The molecular weight excluding hydrogens is 168 g/mol. The Kier molecular flexibility index (Phi) is 7.31. The van der Waals surface area contributed by atoms with Crippen molar-refractivity contribution in [3.63, 3.8) is 0 Å². The molecule has 0 aliphatic heterocycles. The molecule has 0 aliphatic carbocycles. The molecule has 0 aromatic heterocycles. The highest BCUT2D eigenvalue weighted by Crippen LogP contribution is 2.29. The molecule has 0 rings (SSSR count). The minimum atomic E-state index is 0.858. The van der Waals surface area contributed by atoms with Crippen LogP contribution in [-0.4, -0.2) is 0 Å². The molecule has 0 bridgehead atoms. The van der Waals surface area contributed by atoms with Crippen molar-refractivity contribution in [1.29, 1.82) is 0 Å². The Balaban J connectivity index is 3.94. The van der Waals surface area contributed by atoms with Crippen molar-refractivity contribution >= 4 is 0 Å². The predicted octanol–water partition coefficient (Wildman–Crippen LogP) is 5.13. The van der Waals surface area contributed by atoms with E-state index in [9.17, 15) is 0 Å². The summed E-state index contributed by atoms with van der Waals surface area (Å²) >= 11 is 0. The van der Waals surface area contributed by atoms with Crippen LogP contribution in [0.1, 0.15) is 67.2 Å². The molecule has 14 heavy (non-hydrogen) atoms. The highest BCUT2D eigenvalue weighted by Gasteiger charge is 2.18. The molecule has 0 aliphatic rings. The predicted molar refractivity (Wildman–Crippen MR) is 66.5 cm³/mol. The Bertz CT molecular complexity index is 126. The van der Waals surface area contributed by atoms with Gasteiger partial charge in [0.1, 0.15) is 0 Å². The summed E-state index contributed by atoms with van der Waals surface area (Å²) in [6, 6.07) is 0. The fraction of sp³-hybridized carbons (Fsp3) is 1.00. The van der Waals surface area contributed by atoms with Crippen molar-refractivity contribution in [2.24, 2.45) is 23.7 Å². The van der Waals surface area contributed by atoms with Gasteiger partial charge < -0.3 is 0 Å². The standard InChI is InChI=1S/C14H30/c1-7-9-12(5)13(6)10-14(8-2)11(3)4/h11-14H,7-10H2,1-6H3. The largest absolute Gasteiger partial charge is 0.0654 e. The van der Waals surface area contributed by atoms with E-state index in [0.29, 0.717) is 0 Å². The molecule has 0 saturated carbocycles. The summed E-state index contributed by atoms with van der Waals surface area (Å²) in [7, 11) is 0. The fourth-order valence-corrected chi connectivity index (χ4v) is 2.36. The molecule has 0 amide bonds. The van der Waals surface area contributed by atoms with Crippen molar-refractivity contribution in [3.8, 4) is 0 Å². The van der Waals surface area contributed by atoms with Gasteiger partial charge in [-0.25, -0.2) is 0 Å². The molecule has 0 fully saturated rings. The number of hydrogen-bond donors (Lipinski definition) is 0. The van der Waals surface area contributed by atoms with Gasteiger partial charge in [-0.15, -0.1) is 0 Å². The maximum Gasteiger partial charge on any atom is -0.0391 e. The van der Waals surface area contributed by atoms with Crippen molar-refractivity contribution in [1.82, 2.24) is 0 Å². The number of hydrogen-bond acceptors (Lipinski definition) is 0. The Hall–Kier alpha value is 0. The minimum absolute atomic E-state index is 0.858. The van der Waals surface area contributed by atoms with Crippen LogP contribution in [0.5, 0.6) is 0 Å². The van der Waals surface area contributed by atoms with Gasteiger partial charge in [0.2, 0.25) is 0 Å². The first-order valence-electron chi connectivity index (χ1n) is 6.52. The molecule has 0 aromatic rings. The molecule has 86 valence electrons. The summed E-state index contributed by atoms with van der Waals surface area (Å²) in [5.41, 5.74) is 0. The molecule has 0 radical (unpaired) electrons. The third-order valence-electron chi connectivity index (χ3n) is 3.86. The highest BCUT2D eigenvalue weighted by molar-refractivity contribution is 4.69. The van der Waals surface area contributed by atoms with Gasteiger partial charge in [-0.05, 0) is 30.1 Å².